The number of esters is 1. The number of hydrogen-bond acceptors (Lipinski definition) is 7. The van der Waals surface area contributed by atoms with Gasteiger partial charge in [-0.05, 0) is 42.1 Å². The topological polar surface area (TPSA) is 91.3 Å². The standard InChI is InChI=1S/C24H17N3O4S/c1-14-12-26-23(24(28)30-2)22(27-14)17-7-6-16-11-21(32(29)20(16)10-17)31-19-5-3-4-15-8-9-25-13-18(15)19/h3-13H,1-2H3. The monoisotopic (exact) mass is 443 g/mol. The number of ether oxygens (including phenoxy) is 2. The van der Waals surface area contributed by atoms with Crippen LogP contribution in [-0.2, 0) is 15.5 Å². The van der Waals surface area contributed by atoms with E-state index in [2.05, 4.69) is 15.0 Å². The van der Waals surface area contributed by atoms with Crippen molar-refractivity contribution in [1.29, 1.82) is 0 Å². The second kappa shape index (κ2) is 7.97. The fraction of sp³-hybridized carbons (Fsp3) is 0.0833. The third-order valence-electron chi connectivity index (χ3n) is 5.07. The molecular formula is C24H17N3O4S. The SMILES string of the molecule is COC(=O)c1ncc(C)nc1-c1ccc2c(c1)S(=O)C(Oc1cccc3ccncc13)=C2. The molecule has 2 aromatic heterocycles. The highest BCUT2D eigenvalue weighted by Crippen LogP contribution is 2.36. The molecule has 1 aliphatic heterocycles. The molecule has 0 radical (unpaired) electrons. The molecule has 0 bridgehead atoms. The molecule has 0 spiro atoms. The highest BCUT2D eigenvalue weighted by molar-refractivity contribution is 7.89. The van der Waals surface area contributed by atoms with Crippen molar-refractivity contribution in [2.45, 2.75) is 11.8 Å². The smallest absolute Gasteiger partial charge is 0.358 e. The van der Waals surface area contributed by atoms with E-state index in [1.807, 2.05) is 36.4 Å². The van der Waals surface area contributed by atoms with Crippen LogP contribution in [0.25, 0.3) is 28.1 Å². The summed E-state index contributed by atoms with van der Waals surface area (Å²) in [5, 5.41) is 2.15. The molecule has 0 amide bonds. The first-order valence-electron chi connectivity index (χ1n) is 9.75. The molecule has 1 unspecified atom stereocenters. The van der Waals surface area contributed by atoms with Crippen LogP contribution in [0.15, 0.2) is 71.0 Å². The van der Waals surface area contributed by atoms with Crippen molar-refractivity contribution in [2.75, 3.05) is 7.11 Å². The van der Waals surface area contributed by atoms with Gasteiger partial charge in [0.1, 0.15) is 22.2 Å². The van der Waals surface area contributed by atoms with Crippen LogP contribution in [0.2, 0.25) is 0 Å². The molecule has 32 heavy (non-hydrogen) atoms. The van der Waals surface area contributed by atoms with Gasteiger partial charge in [0.05, 0.1) is 17.7 Å². The van der Waals surface area contributed by atoms with Gasteiger partial charge in [0, 0.05) is 29.5 Å². The number of rotatable bonds is 4. The van der Waals surface area contributed by atoms with Crippen molar-refractivity contribution in [2.24, 2.45) is 0 Å². The molecule has 8 heteroatoms. The molecule has 3 heterocycles. The Bertz CT molecular complexity index is 1440. The Balaban J connectivity index is 1.51. The van der Waals surface area contributed by atoms with Gasteiger partial charge in [-0.2, -0.15) is 0 Å². The third kappa shape index (κ3) is 3.44. The van der Waals surface area contributed by atoms with E-state index in [9.17, 15) is 9.00 Å². The van der Waals surface area contributed by atoms with Gasteiger partial charge in [-0.15, -0.1) is 0 Å². The number of methoxy groups -OCH3 is 1. The maximum atomic E-state index is 13.2. The minimum atomic E-state index is -1.53. The van der Waals surface area contributed by atoms with Gasteiger partial charge in [-0.3, -0.25) is 4.98 Å². The maximum absolute atomic E-state index is 13.2. The Morgan fingerprint density at radius 1 is 1.09 bits per heavy atom. The number of benzene rings is 2. The van der Waals surface area contributed by atoms with Crippen LogP contribution in [0, 0.1) is 6.92 Å². The van der Waals surface area contributed by atoms with Crippen LogP contribution in [-0.4, -0.2) is 32.2 Å². The van der Waals surface area contributed by atoms with Crippen LogP contribution in [0.4, 0.5) is 0 Å². The fourth-order valence-electron chi connectivity index (χ4n) is 3.52. The summed E-state index contributed by atoms with van der Waals surface area (Å²) in [6, 6.07) is 13.0. The molecule has 1 atom stereocenters. The van der Waals surface area contributed by atoms with E-state index in [4.69, 9.17) is 9.47 Å². The fourth-order valence-corrected chi connectivity index (χ4v) is 4.72. The molecule has 0 N–H and O–H groups in total. The molecular weight excluding hydrogens is 426 g/mol. The molecule has 5 rings (SSSR count). The second-order valence-corrected chi connectivity index (χ2v) is 8.52. The predicted octanol–water partition coefficient (Wildman–Crippen LogP) is 4.29. The molecule has 7 nitrogen and oxygen atoms in total. The van der Waals surface area contributed by atoms with Crippen molar-refractivity contribution in [3.8, 4) is 17.0 Å². The number of aromatic nitrogens is 3. The average molecular weight is 443 g/mol. The van der Waals surface area contributed by atoms with Gasteiger partial charge >= 0.3 is 5.97 Å². The Labute approximate surface area is 186 Å². The zero-order valence-electron chi connectivity index (χ0n) is 17.2. The Kier molecular flexibility index (Phi) is 4.99. The summed E-state index contributed by atoms with van der Waals surface area (Å²) < 4.78 is 24.1. The van der Waals surface area contributed by atoms with Crippen LogP contribution in [0.3, 0.4) is 0 Å². The minimum absolute atomic E-state index is 0.106. The highest BCUT2D eigenvalue weighted by Gasteiger charge is 2.26. The number of fused-ring (bicyclic) bond motifs is 2. The predicted molar refractivity (Wildman–Crippen MR) is 120 cm³/mol. The van der Waals surface area contributed by atoms with E-state index in [0.29, 0.717) is 32.7 Å². The maximum Gasteiger partial charge on any atom is 0.358 e. The molecule has 0 fully saturated rings. The highest BCUT2D eigenvalue weighted by atomic mass is 32.2. The number of aryl methyl sites for hydroxylation is 1. The summed E-state index contributed by atoms with van der Waals surface area (Å²) >= 11 is 0. The van der Waals surface area contributed by atoms with E-state index in [1.165, 1.54) is 13.3 Å². The molecule has 0 saturated heterocycles. The Morgan fingerprint density at radius 2 is 1.97 bits per heavy atom. The van der Waals surface area contributed by atoms with Crippen molar-refractivity contribution in [3.05, 3.63) is 83.1 Å². The zero-order chi connectivity index (χ0) is 22.2. The lowest BCUT2D eigenvalue weighted by Gasteiger charge is -2.10. The first kappa shape index (κ1) is 20.0. The molecule has 4 aromatic rings. The number of nitrogens with zero attached hydrogens (tertiary/aromatic N) is 3. The van der Waals surface area contributed by atoms with Gasteiger partial charge in [0.25, 0.3) is 0 Å². The van der Waals surface area contributed by atoms with Gasteiger partial charge < -0.3 is 9.47 Å². The van der Waals surface area contributed by atoms with E-state index in [1.54, 1.807) is 31.5 Å². The number of carbonyl (C=O) groups excluding carboxylic acids is 1. The largest absolute Gasteiger partial charge is 0.464 e. The number of hydrogen-bond donors (Lipinski definition) is 0. The summed E-state index contributed by atoms with van der Waals surface area (Å²) in [7, 11) is -0.240. The number of carbonyl (C=O) groups is 1. The van der Waals surface area contributed by atoms with Crippen LogP contribution in [0.5, 0.6) is 5.75 Å². The van der Waals surface area contributed by atoms with Gasteiger partial charge in [-0.25, -0.2) is 19.0 Å². The zero-order valence-corrected chi connectivity index (χ0v) is 18.1. The summed E-state index contributed by atoms with van der Waals surface area (Å²) in [4.78, 5) is 25.5. The third-order valence-corrected chi connectivity index (χ3v) is 6.39. The summed E-state index contributed by atoms with van der Waals surface area (Å²) in [5.41, 5.74) is 2.54. The summed E-state index contributed by atoms with van der Waals surface area (Å²) in [6.45, 7) is 1.79. The van der Waals surface area contributed by atoms with Crippen molar-refractivity contribution in [1.82, 2.24) is 15.0 Å². The van der Waals surface area contributed by atoms with Crippen molar-refractivity contribution >= 4 is 33.6 Å². The van der Waals surface area contributed by atoms with Crippen LogP contribution in [0.1, 0.15) is 21.7 Å². The first-order valence-corrected chi connectivity index (χ1v) is 10.9. The normalized spacial score (nSPS) is 14.7. The van der Waals surface area contributed by atoms with Crippen LogP contribution < -0.4 is 4.74 Å². The lowest BCUT2D eigenvalue weighted by molar-refractivity contribution is 0.0594. The van der Waals surface area contributed by atoms with E-state index >= 15 is 0 Å². The Morgan fingerprint density at radius 3 is 2.81 bits per heavy atom. The van der Waals surface area contributed by atoms with Gasteiger partial charge in [-0.1, -0.05) is 24.3 Å². The molecule has 0 aliphatic carbocycles. The van der Waals surface area contributed by atoms with Crippen LogP contribution >= 0.6 is 0 Å². The second-order valence-electron chi connectivity index (χ2n) is 7.14. The quantitative estimate of drug-likeness (QED) is 0.435. The lowest BCUT2D eigenvalue weighted by atomic mass is 10.1. The van der Waals surface area contributed by atoms with Crippen molar-refractivity contribution < 1.29 is 18.5 Å². The molecule has 158 valence electrons. The van der Waals surface area contributed by atoms with E-state index in [0.717, 1.165) is 16.3 Å². The molecule has 0 saturated carbocycles. The molecule has 2 aromatic carbocycles. The van der Waals surface area contributed by atoms with Gasteiger partial charge in [0.15, 0.2) is 10.8 Å². The average Bonchev–Trinajstić information content (AvgIpc) is 3.13. The summed E-state index contributed by atoms with van der Waals surface area (Å²) in [5.74, 6) is 0.00147. The van der Waals surface area contributed by atoms with Gasteiger partial charge in [0.2, 0.25) is 0 Å². The Hall–Kier alpha value is -3.91. The van der Waals surface area contributed by atoms with Crippen molar-refractivity contribution in [3.63, 3.8) is 0 Å². The molecule has 1 aliphatic rings. The lowest BCUT2D eigenvalue weighted by Crippen LogP contribution is -2.09. The first-order chi connectivity index (χ1) is 15.5. The van der Waals surface area contributed by atoms with E-state index < -0.39 is 16.8 Å². The summed E-state index contributed by atoms with van der Waals surface area (Å²) in [6.07, 6.45) is 6.70. The minimum Gasteiger partial charge on any atom is -0.464 e. The number of pyridine rings is 1. The van der Waals surface area contributed by atoms with E-state index in [-0.39, 0.29) is 5.69 Å².